The maximum absolute atomic E-state index is 11.8. The number of hydrogen-bond donors (Lipinski definition) is 0. The minimum absolute atomic E-state index is 1.09. The Morgan fingerprint density at radius 3 is 0.933 bits per heavy atom. The first-order valence-electron chi connectivity index (χ1n) is 8.04. The van der Waals surface area contributed by atoms with Gasteiger partial charge in [-0.25, -0.2) is 0 Å². The highest BCUT2D eigenvalue weighted by atomic mass is 17.0. The fourth-order valence-corrected chi connectivity index (χ4v) is 5.56. The van der Waals surface area contributed by atoms with Gasteiger partial charge in [0.2, 0.25) is 0 Å². The third kappa shape index (κ3) is 2.20. The van der Waals surface area contributed by atoms with Crippen molar-refractivity contribution in [3.63, 3.8) is 0 Å². The fraction of sp³-hybridized carbons (Fsp3) is 1.00. The van der Waals surface area contributed by atoms with Crippen LogP contribution in [0.2, 0.25) is 0 Å². The third-order valence-electron chi connectivity index (χ3n) is 6.37. The SMILES string of the molecule is O=[N+]([O-])OC1[C@@H]2C[C@H]3C(O[N+](=O)[O-])[C@H](C[C@@H]1C3([N+](=O)[O-])[N+](=O)[O-])C2([N+](=O)[O-])[N+](=O)[O-]. The lowest BCUT2D eigenvalue weighted by atomic mass is 9.45. The molecule has 0 unspecified atom stereocenters. The summed E-state index contributed by atoms with van der Waals surface area (Å²) in [5, 5.41) is 65.9. The van der Waals surface area contributed by atoms with E-state index in [4.69, 9.17) is 0 Å². The van der Waals surface area contributed by atoms with Crippen LogP contribution in [0.1, 0.15) is 12.8 Å². The van der Waals surface area contributed by atoms with E-state index in [1.807, 2.05) is 0 Å². The fourth-order valence-electron chi connectivity index (χ4n) is 5.56. The second-order valence-corrected chi connectivity index (χ2v) is 7.08. The van der Waals surface area contributed by atoms with Crippen molar-refractivity contribution in [1.29, 1.82) is 0 Å². The van der Waals surface area contributed by atoms with Gasteiger partial charge in [-0.2, -0.15) is 0 Å². The van der Waals surface area contributed by atoms with Gasteiger partial charge in [-0.3, -0.25) is 40.5 Å². The molecule has 4 atom stereocenters. The Bertz CT molecular complexity index is 753. The van der Waals surface area contributed by atoms with Crippen LogP contribution in [-0.2, 0) is 9.68 Å². The third-order valence-corrected chi connectivity index (χ3v) is 6.37. The molecule has 0 amide bonds. The van der Waals surface area contributed by atoms with E-state index < -0.39 is 89.9 Å². The molecule has 20 heteroatoms. The largest absolute Gasteiger partial charge is 0.468 e. The van der Waals surface area contributed by atoms with Gasteiger partial charge in [0.25, 0.3) is 10.2 Å². The zero-order valence-electron chi connectivity index (χ0n) is 14.3. The molecule has 0 radical (unpaired) electrons. The molecule has 0 N–H and O–H groups in total. The van der Waals surface area contributed by atoms with Crippen molar-refractivity contribution >= 4 is 0 Å². The summed E-state index contributed by atoms with van der Waals surface area (Å²) in [5.41, 5.74) is -6.60. The van der Waals surface area contributed by atoms with Crippen LogP contribution < -0.4 is 0 Å². The second-order valence-electron chi connectivity index (χ2n) is 7.08. The number of nitrogens with zero attached hydrogens (tertiary/aromatic N) is 6. The lowest BCUT2D eigenvalue weighted by molar-refractivity contribution is -0.885. The topological polar surface area (TPSA) is 277 Å². The van der Waals surface area contributed by atoms with Crippen LogP contribution in [-0.4, -0.2) is 53.4 Å². The van der Waals surface area contributed by atoms with Crippen LogP contribution in [0.5, 0.6) is 0 Å². The standard InChI is InChI=1S/C10H10N6O14/c17-11(18)9(12(19)20)3-1-4-8(30-16(27)28)6(9)2-5(7(3)29-15(25)26)10(4,13(21)22)14(23)24/h3-8H,1-2H2/t3-,4-,5-,6-,7?,8?/m0/s1. The van der Waals surface area contributed by atoms with E-state index in [1.54, 1.807) is 0 Å². The van der Waals surface area contributed by atoms with E-state index in [1.165, 1.54) is 0 Å². The van der Waals surface area contributed by atoms with E-state index >= 15 is 0 Å². The van der Waals surface area contributed by atoms with Crippen LogP contribution in [0.15, 0.2) is 0 Å². The summed E-state index contributed by atoms with van der Waals surface area (Å²) in [6.07, 6.45) is -6.66. The Balaban J connectivity index is 2.31. The Kier molecular flexibility index (Phi) is 4.32. The van der Waals surface area contributed by atoms with Crippen molar-refractivity contribution in [3.05, 3.63) is 60.7 Å². The number of hydrogen-bond acceptors (Lipinski definition) is 14. The Morgan fingerprint density at radius 2 is 0.767 bits per heavy atom. The maximum Gasteiger partial charge on any atom is 0.468 e. The molecule has 0 aromatic heterocycles. The highest BCUT2D eigenvalue weighted by molar-refractivity contribution is 5.16. The lowest BCUT2D eigenvalue weighted by Crippen LogP contribution is -2.83. The van der Waals surface area contributed by atoms with Crippen molar-refractivity contribution in [2.24, 2.45) is 23.7 Å². The van der Waals surface area contributed by atoms with Gasteiger partial charge in [0.15, 0.2) is 0 Å². The molecule has 0 heterocycles. The van der Waals surface area contributed by atoms with Crippen LogP contribution in [0.25, 0.3) is 0 Å². The van der Waals surface area contributed by atoms with Gasteiger partial charge < -0.3 is 9.68 Å². The van der Waals surface area contributed by atoms with Gasteiger partial charge in [-0.15, -0.1) is 20.2 Å². The van der Waals surface area contributed by atoms with Gasteiger partial charge in [0.05, 0.1) is 19.7 Å². The summed E-state index contributed by atoms with van der Waals surface area (Å²) >= 11 is 0. The van der Waals surface area contributed by atoms with Crippen molar-refractivity contribution in [2.75, 3.05) is 0 Å². The van der Waals surface area contributed by atoms with Crippen LogP contribution in [0.3, 0.4) is 0 Å². The average Bonchev–Trinajstić information content (AvgIpc) is 2.57. The van der Waals surface area contributed by atoms with E-state index in [2.05, 4.69) is 9.68 Å². The van der Waals surface area contributed by atoms with Crippen LogP contribution in [0.4, 0.5) is 0 Å². The van der Waals surface area contributed by atoms with Gasteiger partial charge in [-0.05, 0) is 12.8 Å². The molecule has 4 bridgehead atoms. The van der Waals surface area contributed by atoms with Gasteiger partial charge in [0.1, 0.15) is 35.9 Å². The molecule has 164 valence electrons. The molecule has 4 rings (SSSR count). The molecule has 0 saturated heterocycles. The first-order valence-corrected chi connectivity index (χ1v) is 8.04. The minimum Gasteiger partial charge on any atom is -0.309 e. The predicted molar refractivity (Wildman–Crippen MR) is 80.4 cm³/mol. The quantitative estimate of drug-likeness (QED) is 0.248. The van der Waals surface area contributed by atoms with E-state index in [-0.39, 0.29) is 0 Å². The van der Waals surface area contributed by atoms with Gasteiger partial charge >= 0.3 is 11.3 Å². The smallest absolute Gasteiger partial charge is 0.309 e. The van der Waals surface area contributed by atoms with Crippen molar-refractivity contribution < 1.29 is 39.5 Å². The Labute approximate surface area is 161 Å². The monoisotopic (exact) mass is 438 g/mol. The summed E-state index contributed by atoms with van der Waals surface area (Å²) < 4.78 is 0. The van der Waals surface area contributed by atoms with Gasteiger partial charge in [0, 0.05) is 0 Å². The highest BCUT2D eigenvalue weighted by Crippen LogP contribution is 2.65. The van der Waals surface area contributed by atoms with Gasteiger partial charge in [-0.1, -0.05) is 0 Å². The molecule has 4 aliphatic carbocycles. The summed E-state index contributed by atoms with van der Waals surface area (Å²) in [4.78, 5) is 71.9. The highest BCUT2D eigenvalue weighted by Gasteiger charge is 2.92. The second kappa shape index (κ2) is 6.25. The van der Waals surface area contributed by atoms with Crippen molar-refractivity contribution in [2.45, 2.75) is 36.4 Å². The number of rotatable bonds is 8. The normalized spacial score (nSPS) is 34.5. The first-order chi connectivity index (χ1) is 13.8. The first kappa shape index (κ1) is 20.7. The summed E-state index contributed by atoms with van der Waals surface area (Å²) in [7, 11) is 0. The average molecular weight is 438 g/mol. The molecule has 30 heavy (non-hydrogen) atoms. The minimum atomic E-state index is -3.30. The van der Waals surface area contributed by atoms with E-state index in [0.717, 1.165) is 0 Å². The molecule has 4 fully saturated rings. The van der Waals surface area contributed by atoms with E-state index in [0.29, 0.717) is 0 Å². The molecule has 4 saturated carbocycles. The molecular weight excluding hydrogens is 428 g/mol. The number of nitro groups is 4. The molecule has 0 aromatic rings. The summed E-state index contributed by atoms with van der Waals surface area (Å²) in [6, 6.07) is 0. The predicted octanol–water partition coefficient (Wildman–Crippen LogP) is -1.07. The lowest BCUT2D eigenvalue weighted by Gasteiger charge is -2.56. The molecular formula is C10H10N6O14. The summed E-state index contributed by atoms with van der Waals surface area (Å²) in [6.45, 7) is 0. The molecule has 0 aliphatic heterocycles. The van der Waals surface area contributed by atoms with Crippen LogP contribution >= 0.6 is 0 Å². The van der Waals surface area contributed by atoms with Crippen molar-refractivity contribution in [3.8, 4) is 0 Å². The summed E-state index contributed by atoms with van der Waals surface area (Å²) in [5.74, 6) is -8.05. The van der Waals surface area contributed by atoms with E-state index in [9.17, 15) is 60.7 Å². The maximum atomic E-state index is 11.8. The molecule has 0 spiro atoms. The Morgan fingerprint density at radius 1 is 0.533 bits per heavy atom. The van der Waals surface area contributed by atoms with Crippen molar-refractivity contribution in [1.82, 2.24) is 0 Å². The molecule has 0 aromatic carbocycles. The Hall–Kier alpha value is -4.00. The molecule has 20 nitrogen and oxygen atoms in total. The van der Waals surface area contributed by atoms with Crippen LogP contribution in [0, 0.1) is 84.4 Å². The zero-order chi connectivity index (χ0) is 22.8. The molecule has 4 aliphatic rings. The zero-order valence-corrected chi connectivity index (χ0v) is 14.3.